The molecule has 0 bridgehead atoms. The molecule has 0 aliphatic rings. The minimum absolute atomic E-state index is 0.0602. The third-order valence-corrected chi connectivity index (χ3v) is 4.30. The number of rotatable bonds is 5. The fourth-order valence-electron chi connectivity index (χ4n) is 2.28. The summed E-state index contributed by atoms with van der Waals surface area (Å²) in [6.45, 7) is 3.82. The van der Waals surface area contributed by atoms with Gasteiger partial charge in [-0.05, 0) is 43.4 Å². The number of para-hydroxylation sites is 1. The quantitative estimate of drug-likeness (QED) is 0.827. The van der Waals surface area contributed by atoms with E-state index in [4.69, 9.17) is 0 Å². The first-order valence-electron chi connectivity index (χ1n) is 7.30. The highest BCUT2D eigenvalue weighted by molar-refractivity contribution is 7.98. The van der Waals surface area contributed by atoms with E-state index in [1.165, 1.54) is 11.8 Å². The average molecular weight is 328 g/mol. The van der Waals surface area contributed by atoms with Gasteiger partial charge in [0, 0.05) is 10.6 Å². The van der Waals surface area contributed by atoms with Crippen LogP contribution in [0.1, 0.15) is 21.5 Å². The lowest BCUT2D eigenvalue weighted by molar-refractivity contribution is -0.115. The SMILES string of the molecule is CSc1ccccc1C(=O)NCC(=O)Nc1c(C)cccc1C. The van der Waals surface area contributed by atoms with Crippen molar-refractivity contribution < 1.29 is 9.59 Å². The van der Waals surface area contributed by atoms with Crippen LogP contribution < -0.4 is 10.6 Å². The van der Waals surface area contributed by atoms with Crippen LogP contribution in [0, 0.1) is 13.8 Å². The molecule has 0 fully saturated rings. The standard InChI is InChI=1S/C18H20N2O2S/c1-12-7-6-8-13(2)17(12)20-16(21)11-19-18(22)14-9-4-5-10-15(14)23-3/h4-10H,11H2,1-3H3,(H,19,22)(H,20,21). The van der Waals surface area contributed by atoms with E-state index < -0.39 is 0 Å². The van der Waals surface area contributed by atoms with Gasteiger partial charge in [-0.1, -0.05) is 30.3 Å². The molecule has 120 valence electrons. The van der Waals surface area contributed by atoms with Gasteiger partial charge in [0.1, 0.15) is 0 Å². The average Bonchev–Trinajstić information content (AvgIpc) is 2.56. The zero-order chi connectivity index (χ0) is 16.8. The van der Waals surface area contributed by atoms with Crippen LogP contribution in [0.25, 0.3) is 0 Å². The highest BCUT2D eigenvalue weighted by Gasteiger charge is 2.12. The molecule has 0 aliphatic heterocycles. The molecule has 0 saturated carbocycles. The third kappa shape index (κ3) is 4.36. The highest BCUT2D eigenvalue weighted by atomic mass is 32.2. The van der Waals surface area contributed by atoms with Crippen molar-refractivity contribution in [3.63, 3.8) is 0 Å². The van der Waals surface area contributed by atoms with E-state index in [2.05, 4.69) is 10.6 Å². The van der Waals surface area contributed by atoms with Gasteiger partial charge >= 0.3 is 0 Å². The second kappa shape index (κ2) is 7.83. The summed E-state index contributed by atoms with van der Waals surface area (Å²) in [7, 11) is 0. The Morgan fingerprint density at radius 1 is 1.00 bits per heavy atom. The molecular formula is C18H20N2O2S. The maximum atomic E-state index is 12.2. The maximum Gasteiger partial charge on any atom is 0.252 e. The number of hydrogen-bond acceptors (Lipinski definition) is 3. The number of anilines is 1. The van der Waals surface area contributed by atoms with Gasteiger partial charge in [0.25, 0.3) is 5.91 Å². The van der Waals surface area contributed by atoms with Gasteiger partial charge in [0.2, 0.25) is 5.91 Å². The Balaban J connectivity index is 1.98. The number of benzene rings is 2. The molecule has 0 unspecified atom stereocenters. The summed E-state index contributed by atoms with van der Waals surface area (Å²) in [5.74, 6) is -0.482. The monoisotopic (exact) mass is 328 g/mol. The van der Waals surface area contributed by atoms with Crippen LogP contribution in [0.5, 0.6) is 0 Å². The fraction of sp³-hybridized carbons (Fsp3) is 0.222. The number of carbonyl (C=O) groups excluding carboxylic acids is 2. The summed E-state index contributed by atoms with van der Waals surface area (Å²) >= 11 is 1.50. The number of thioether (sulfide) groups is 1. The van der Waals surface area contributed by atoms with Crippen LogP contribution in [0.3, 0.4) is 0 Å². The Morgan fingerprint density at radius 3 is 2.30 bits per heavy atom. The van der Waals surface area contributed by atoms with E-state index in [9.17, 15) is 9.59 Å². The minimum Gasteiger partial charge on any atom is -0.343 e. The fourth-order valence-corrected chi connectivity index (χ4v) is 2.88. The molecule has 0 heterocycles. The van der Waals surface area contributed by atoms with Crippen molar-refractivity contribution in [2.45, 2.75) is 18.7 Å². The lowest BCUT2D eigenvalue weighted by atomic mass is 10.1. The summed E-state index contributed by atoms with van der Waals surface area (Å²) in [5, 5.41) is 5.52. The first-order chi connectivity index (χ1) is 11.0. The second-order valence-corrected chi connectivity index (χ2v) is 6.05. The third-order valence-electron chi connectivity index (χ3n) is 3.51. The molecule has 2 rings (SSSR count). The van der Waals surface area contributed by atoms with Crippen LogP contribution in [0.2, 0.25) is 0 Å². The van der Waals surface area contributed by atoms with Gasteiger partial charge in [-0.3, -0.25) is 9.59 Å². The Morgan fingerprint density at radius 2 is 1.65 bits per heavy atom. The highest BCUT2D eigenvalue weighted by Crippen LogP contribution is 2.20. The molecule has 0 radical (unpaired) electrons. The number of aryl methyl sites for hydroxylation is 2. The Labute approximate surface area is 140 Å². The molecule has 0 aromatic heterocycles. The van der Waals surface area contributed by atoms with E-state index in [0.29, 0.717) is 5.56 Å². The van der Waals surface area contributed by atoms with E-state index in [1.54, 1.807) is 6.07 Å². The van der Waals surface area contributed by atoms with Crippen molar-refractivity contribution >= 4 is 29.3 Å². The van der Waals surface area contributed by atoms with Crippen LogP contribution in [0.4, 0.5) is 5.69 Å². The molecule has 2 aromatic carbocycles. The smallest absolute Gasteiger partial charge is 0.252 e. The summed E-state index contributed by atoms with van der Waals surface area (Å²) in [6, 6.07) is 13.2. The lowest BCUT2D eigenvalue weighted by Gasteiger charge is -2.12. The second-order valence-electron chi connectivity index (χ2n) is 5.20. The number of carbonyl (C=O) groups is 2. The molecule has 2 aromatic rings. The predicted molar refractivity (Wildman–Crippen MR) is 95.1 cm³/mol. The van der Waals surface area contributed by atoms with E-state index in [0.717, 1.165) is 21.7 Å². The number of nitrogens with one attached hydrogen (secondary N) is 2. The van der Waals surface area contributed by atoms with E-state index in [-0.39, 0.29) is 18.4 Å². The molecule has 2 N–H and O–H groups in total. The van der Waals surface area contributed by atoms with Gasteiger partial charge in [-0.25, -0.2) is 0 Å². The predicted octanol–water partition coefficient (Wildman–Crippen LogP) is 3.39. The van der Waals surface area contributed by atoms with Crippen LogP contribution in [-0.2, 0) is 4.79 Å². The summed E-state index contributed by atoms with van der Waals surface area (Å²) < 4.78 is 0. The molecule has 0 aliphatic carbocycles. The van der Waals surface area contributed by atoms with Crippen molar-refractivity contribution in [3.8, 4) is 0 Å². The largest absolute Gasteiger partial charge is 0.343 e. The van der Waals surface area contributed by atoms with E-state index >= 15 is 0 Å². The normalized spacial score (nSPS) is 10.2. The summed E-state index contributed by atoms with van der Waals surface area (Å²) in [5.41, 5.74) is 3.38. The lowest BCUT2D eigenvalue weighted by Crippen LogP contribution is -2.33. The van der Waals surface area contributed by atoms with Crippen molar-refractivity contribution in [2.75, 3.05) is 18.1 Å². The van der Waals surface area contributed by atoms with Crippen LogP contribution in [0.15, 0.2) is 47.4 Å². The summed E-state index contributed by atoms with van der Waals surface area (Å²) in [4.78, 5) is 25.2. The van der Waals surface area contributed by atoms with Gasteiger partial charge in [-0.15, -0.1) is 11.8 Å². The zero-order valence-electron chi connectivity index (χ0n) is 13.5. The van der Waals surface area contributed by atoms with Crippen molar-refractivity contribution in [1.82, 2.24) is 5.32 Å². The van der Waals surface area contributed by atoms with Gasteiger partial charge in [-0.2, -0.15) is 0 Å². The van der Waals surface area contributed by atoms with Gasteiger partial charge < -0.3 is 10.6 Å². The summed E-state index contributed by atoms with van der Waals surface area (Å²) in [6.07, 6.45) is 1.92. The maximum absolute atomic E-state index is 12.2. The molecular weight excluding hydrogens is 308 g/mol. The topological polar surface area (TPSA) is 58.2 Å². The molecule has 5 heteroatoms. The van der Waals surface area contributed by atoms with Crippen LogP contribution in [-0.4, -0.2) is 24.6 Å². The first-order valence-corrected chi connectivity index (χ1v) is 8.52. The Hall–Kier alpha value is -2.27. The molecule has 0 saturated heterocycles. The van der Waals surface area contributed by atoms with Crippen molar-refractivity contribution in [3.05, 3.63) is 59.2 Å². The van der Waals surface area contributed by atoms with Crippen molar-refractivity contribution in [1.29, 1.82) is 0 Å². The molecule has 0 atom stereocenters. The Bertz CT molecular complexity index is 708. The van der Waals surface area contributed by atoms with E-state index in [1.807, 2.05) is 56.5 Å². The Kier molecular flexibility index (Phi) is 5.82. The van der Waals surface area contributed by atoms with Gasteiger partial charge in [0.15, 0.2) is 0 Å². The van der Waals surface area contributed by atoms with Crippen molar-refractivity contribution in [2.24, 2.45) is 0 Å². The molecule has 4 nitrogen and oxygen atoms in total. The van der Waals surface area contributed by atoms with Crippen LogP contribution >= 0.6 is 11.8 Å². The number of hydrogen-bond donors (Lipinski definition) is 2. The molecule has 0 spiro atoms. The molecule has 2 amide bonds. The zero-order valence-corrected chi connectivity index (χ0v) is 14.3. The van der Waals surface area contributed by atoms with Gasteiger partial charge in [0.05, 0.1) is 12.1 Å². The molecule has 23 heavy (non-hydrogen) atoms. The minimum atomic E-state index is -0.244. The number of amides is 2. The first kappa shape index (κ1) is 17.1.